The molecule has 0 spiro atoms. The molecule has 8 nitrogen and oxygen atoms in total. The SMILES string of the molecule is O.O.O.O.[Cr+4].[Na+].[Na+].[O-2].[O-2].[OH-].[OH-]. The van der Waals surface area contributed by atoms with Gasteiger partial charge in [0.1, 0.15) is 0 Å². The molecule has 0 saturated carbocycles. The van der Waals surface area contributed by atoms with Crippen molar-refractivity contribution in [2.75, 3.05) is 0 Å². The van der Waals surface area contributed by atoms with Gasteiger partial charge in [0.2, 0.25) is 0 Å². The van der Waals surface area contributed by atoms with Crippen LogP contribution < -0.4 is 59.1 Å². The van der Waals surface area contributed by atoms with E-state index in [-0.39, 0.29) is 120 Å². The summed E-state index contributed by atoms with van der Waals surface area (Å²) < 4.78 is 0. The van der Waals surface area contributed by atoms with E-state index in [0.29, 0.717) is 0 Å². The molecule has 0 atom stereocenters. The molecule has 0 rings (SSSR count). The second-order valence-electron chi connectivity index (χ2n) is 0. The Bertz CT molecular complexity index is 12.1. The fourth-order valence-corrected chi connectivity index (χ4v) is 0. The monoisotopic (exact) mass is 236 g/mol. The summed E-state index contributed by atoms with van der Waals surface area (Å²) in [5, 5.41) is 0. The molecule has 11 heavy (non-hydrogen) atoms. The average molecular weight is 236 g/mol. The van der Waals surface area contributed by atoms with Crippen LogP contribution in [0.15, 0.2) is 0 Å². The van der Waals surface area contributed by atoms with E-state index in [4.69, 9.17) is 0 Å². The van der Waals surface area contributed by atoms with Crippen molar-refractivity contribution in [3.63, 3.8) is 0 Å². The summed E-state index contributed by atoms with van der Waals surface area (Å²) in [5.74, 6) is 0. The van der Waals surface area contributed by atoms with Crippen molar-refractivity contribution >= 4 is 0 Å². The zero-order valence-corrected chi connectivity index (χ0v) is 11.4. The zero-order valence-electron chi connectivity index (χ0n) is 6.12. The van der Waals surface area contributed by atoms with Gasteiger partial charge >= 0.3 is 76.5 Å². The molecule has 66 valence electrons. The first-order valence-electron chi connectivity index (χ1n) is 0. The van der Waals surface area contributed by atoms with Gasteiger partial charge in [-0.1, -0.05) is 0 Å². The summed E-state index contributed by atoms with van der Waals surface area (Å²) in [5.41, 5.74) is 0. The number of rotatable bonds is 0. The Morgan fingerprint density at radius 3 is 0.455 bits per heavy atom. The number of hydrogen-bond donors (Lipinski definition) is 0. The topological polar surface area (TPSA) is 243 Å². The van der Waals surface area contributed by atoms with Crippen LogP contribution in [0.3, 0.4) is 0 Å². The van der Waals surface area contributed by atoms with Crippen molar-refractivity contribution in [1.29, 1.82) is 0 Å². The average Bonchev–Trinajstić information content (AvgIpc) is 0. The summed E-state index contributed by atoms with van der Waals surface area (Å²) in [7, 11) is 0. The zero-order chi connectivity index (χ0) is 0. The van der Waals surface area contributed by atoms with Gasteiger partial charge in [0.25, 0.3) is 0 Å². The molecule has 0 aliphatic rings. The molecular formula is H10CrNa2O8. The summed E-state index contributed by atoms with van der Waals surface area (Å²) in [4.78, 5) is 0. The summed E-state index contributed by atoms with van der Waals surface area (Å²) in [6, 6.07) is 0. The van der Waals surface area contributed by atoms with Gasteiger partial charge in [-0.25, -0.2) is 0 Å². The van der Waals surface area contributed by atoms with Crippen molar-refractivity contribution in [1.82, 2.24) is 0 Å². The summed E-state index contributed by atoms with van der Waals surface area (Å²) >= 11 is 0. The van der Waals surface area contributed by atoms with Crippen LogP contribution in [0, 0.1) is 0 Å². The van der Waals surface area contributed by atoms with E-state index in [1.165, 1.54) is 0 Å². The maximum atomic E-state index is 0. The van der Waals surface area contributed by atoms with Gasteiger partial charge in [-0.3, -0.25) is 0 Å². The van der Waals surface area contributed by atoms with Crippen LogP contribution in [0.5, 0.6) is 0 Å². The van der Waals surface area contributed by atoms with Crippen LogP contribution in [-0.2, 0) is 28.3 Å². The molecule has 0 aliphatic heterocycles. The molecule has 0 heterocycles. The predicted octanol–water partition coefficient (Wildman–Crippen LogP) is -9.88. The molecule has 0 amide bonds. The summed E-state index contributed by atoms with van der Waals surface area (Å²) in [6.45, 7) is 0. The molecule has 10 N–H and O–H groups in total. The minimum atomic E-state index is 0. The second kappa shape index (κ2) is 314. The fraction of sp³-hybridized carbons (Fsp3) is 0. The van der Waals surface area contributed by atoms with Gasteiger partial charge in [-0.2, -0.15) is 0 Å². The van der Waals surface area contributed by atoms with Crippen molar-refractivity contribution in [3.05, 3.63) is 0 Å². The van der Waals surface area contributed by atoms with Gasteiger partial charge in [0, 0.05) is 0 Å². The minimum Gasteiger partial charge on any atom is -2.00 e. The third kappa shape index (κ3) is 260. The molecule has 0 unspecified atom stereocenters. The van der Waals surface area contributed by atoms with Crippen LogP contribution in [0.4, 0.5) is 0 Å². The molecule has 0 radical (unpaired) electrons. The smallest absolute Gasteiger partial charge is 2.00 e. The molecule has 0 aromatic heterocycles. The van der Waals surface area contributed by atoms with E-state index >= 15 is 0 Å². The van der Waals surface area contributed by atoms with Crippen molar-refractivity contribution in [2.24, 2.45) is 0 Å². The van der Waals surface area contributed by atoms with Gasteiger partial charge in [0.15, 0.2) is 0 Å². The van der Waals surface area contributed by atoms with E-state index in [9.17, 15) is 0 Å². The third-order valence-corrected chi connectivity index (χ3v) is 0. The summed E-state index contributed by atoms with van der Waals surface area (Å²) in [6.07, 6.45) is 0. The largest absolute Gasteiger partial charge is 4.00 e. The Kier molecular flexibility index (Phi) is 11500. The van der Waals surface area contributed by atoms with Gasteiger partial charge in [-0.15, -0.1) is 0 Å². The normalized spacial score (nSPS) is 0. The molecule has 0 aliphatic carbocycles. The standard InChI is InChI=1S/Cr.2Na.6H2O.2O/h;;;6*1H2;;/q+4;2*+1;;;;;;;2*-2/p-2. The van der Waals surface area contributed by atoms with Crippen LogP contribution in [0.1, 0.15) is 0 Å². The molecule has 11 heteroatoms. The first kappa shape index (κ1) is 403. The molecular weight excluding hydrogens is 226 g/mol. The van der Waals surface area contributed by atoms with E-state index in [1.807, 2.05) is 0 Å². The molecule has 0 saturated heterocycles. The Labute approximate surface area is 119 Å². The Hall–Kier alpha value is 2.21. The molecule has 0 bridgehead atoms. The van der Waals surface area contributed by atoms with E-state index < -0.39 is 0 Å². The van der Waals surface area contributed by atoms with Crippen LogP contribution in [0.25, 0.3) is 0 Å². The van der Waals surface area contributed by atoms with Crippen LogP contribution in [0.2, 0.25) is 0 Å². The van der Waals surface area contributed by atoms with E-state index in [2.05, 4.69) is 0 Å². The maximum absolute atomic E-state index is 0. The second-order valence-corrected chi connectivity index (χ2v) is 0. The quantitative estimate of drug-likeness (QED) is 0.371. The molecule has 0 aromatic carbocycles. The van der Waals surface area contributed by atoms with Gasteiger partial charge in [-0.05, 0) is 0 Å². The van der Waals surface area contributed by atoms with Gasteiger partial charge in [0.05, 0.1) is 0 Å². The third-order valence-electron chi connectivity index (χ3n) is 0. The van der Waals surface area contributed by atoms with E-state index in [0.717, 1.165) is 0 Å². The van der Waals surface area contributed by atoms with Crippen molar-refractivity contribution in [2.45, 2.75) is 0 Å². The van der Waals surface area contributed by atoms with Crippen molar-refractivity contribution in [3.8, 4) is 0 Å². The molecule has 0 aromatic rings. The first-order valence-corrected chi connectivity index (χ1v) is 0. The van der Waals surface area contributed by atoms with Crippen molar-refractivity contribution < 1.29 is 120 Å². The maximum Gasteiger partial charge on any atom is 4.00 e. The minimum absolute atomic E-state index is 0. The van der Waals surface area contributed by atoms with Crippen LogP contribution in [-0.4, -0.2) is 32.9 Å². The first-order chi connectivity index (χ1) is 0. The van der Waals surface area contributed by atoms with Crippen LogP contribution >= 0.6 is 0 Å². The molecule has 0 fully saturated rings. The Morgan fingerprint density at radius 2 is 0.455 bits per heavy atom. The van der Waals surface area contributed by atoms with Gasteiger partial charge < -0.3 is 43.8 Å². The Morgan fingerprint density at radius 1 is 0.455 bits per heavy atom. The Balaban J connectivity index is 0. The number of hydrogen-bond acceptors (Lipinski definition) is 2. The predicted molar refractivity (Wildman–Crippen MR) is 19.7 cm³/mol. The fourth-order valence-electron chi connectivity index (χ4n) is 0. The van der Waals surface area contributed by atoms with E-state index in [1.54, 1.807) is 0 Å².